The summed E-state index contributed by atoms with van der Waals surface area (Å²) in [4.78, 5) is 15.8. The van der Waals surface area contributed by atoms with Crippen LogP contribution in [0, 0.1) is 0 Å². The van der Waals surface area contributed by atoms with Crippen LogP contribution in [0.25, 0.3) is 11.3 Å². The molecular weight excluding hydrogens is 262 g/mol. The maximum absolute atomic E-state index is 5.98. The quantitative estimate of drug-likeness (QED) is 0.933. The van der Waals surface area contributed by atoms with Gasteiger partial charge < -0.3 is 10.6 Å². The molecule has 1 aliphatic heterocycles. The number of hydrogen-bond donors (Lipinski definition) is 1. The second kappa shape index (κ2) is 6.18. The molecule has 110 valence electrons. The van der Waals surface area contributed by atoms with Crippen LogP contribution in [0.3, 0.4) is 0 Å². The lowest BCUT2D eigenvalue weighted by Crippen LogP contribution is -2.40. The lowest BCUT2D eigenvalue weighted by atomic mass is 10.1. The van der Waals surface area contributed by atoms with Gasteiger partial charge in [-0.3, -0.25) is 4.98 Å². The molecule has 0 atom stereocenters. The Hall–Kier alpha value is -2.01. The molecule has 2 aromatic heterocycles. The van der Waals surface area contributed by atoms with Crippen molar-refractivity contribution in [3.63, 3.8) is 0 Å². The van der Waals surface area contributed by atoms with Gasteiger partial charge in [0.25, 0.3) is 0 Å². The third-order valence-electron chi connectivity index (χ3n) is 3.90. The number of rotatable bonds is 3. The van der Waals surface area contributed by atoms with Crippen molar-refractivity contribution in [3.05, 3.63) is 36.4 Å². The molecule has 1 aliphatic rings. The van der Waals surface area contributed by atoms with Gasteiger partial charge in [0, 0.05) is 49.6 Å². The van der Waals surface area contributed by atoms with Crippen LogP contribution >= 0.6 is 0 Å². The van der Waals surface area contributed by atoms with Gasteiger partial charge in [-0.25, -0.2) is 9.97 Å². The van der Waals surface area contributed by atoms with E-state index in [4.69, 9.17) is 5.73 Å². The Balaban J connectivity index is 1.94. The van der Waals surface area contributed by atoms with Gasteiger partial charge in [-0.2, -0.15) is 0 Å². The van der Waals surface area contributed by atoms with E-state index in [2.05, 4.69) is 32.8 Å². The summed E-state index contributed by atoms with van der Waals surface area (Å²) in [5, 5.41) is 0. The summed E-state index contributed by atoms with van der Waals surface area (Å²) in [7, 11) is 0. The molecule has 0 spiro atoms. The Morgan fingerprint density at radius 2 is 2.10 bits per heavy atom. The molecule has 2 aromatic rings. The van der Waals surface area contributed by atoms with E-state index in [-0.39, 0.29) is 0 Å². The average Bonchev–Trinajstić information content (AvgIpc) is 2.56. The largest absolute Gasteiger partial charge is 0.356 e. The minimum absolute atomic E-state index is 0.325. The highest BCUT2D eigenvalue weighted by Crippen LogP contribution is 2.23. The number of hydrogen-bond acceptors (Lipinski definition) is 5. The van der Waals surface area contributed by atoms with Crippen molar-refractivity contribution >= 4 is 5.82 Å². The highest BCUT2D eigenvalue weighted by molar-refractivity contribution is 5.62. The molecule has 0 bridgehead atoms. The molecule has 1 saturated heterocycles. The number of aryl methyl sites for hydroxylation is 1. The number of aromatic nitrogens is 3. The predicted octanol–water partition coefficient (Wildman–Crippen LogP) is 2.03. The van der Waals surface area contributed by atoms with Gasteiger partial charge >= 0.3 is 0 Å². The van der Waals surface area contributed by atoms with E-state index in [0.29, 0.717) is 6.04 Å². The van der Waals surface area contributed by atoms with Gasteiger partial charge in [0.05, 0.1) is 5.69 Å². The molecular formula is C16H21N5. The first-order valence-electron chi connectivity index (χ1n) is 7.55. The van der Waals surface area contributed by atoms with Crippen LogP contribution in [0.15, 0.2) is 30.6 Å². The highest BCUT2D eigenvalue weighted by Gasteiger charge is 2.18. The Kier molecular flexibility index (Phi) is 4.10. The molecule has 2 N–H and O–H groups in total. The third kappa shape index (κ3) is 3.19. The maximum atomic E-state index is 5.98. The van der Waals surface area contributed by atoms with Gasteiger partial charge in [-0.1, -0.05) is 6.92 Å². The predicted molar refractivity (Wildman–Crippen MR) is 84.1 cm³/mol. The van der Waals surface area contributed by atoms with Gasteiger partial charge in [0.2, 0.25) is 0 Å². The molecule has 0 amide bonds. The zero-order valence-corrected chi connectivity index (χ0v) is 12.4. The molecule has 3 heterocycles. The van der Waals surface area contributed by atoms with E-state index < -0.39 is 0 Å². The number of pyridine rings is 1. The minimum Gasteiger partial charge on any atom is -0.356 e. The number of anilines is 1. The van der Waals surface area contributed by atoms with Gasteiger partial charge in [0.15, 0.2) is 0 Å². The van der Waals surface area contributed by atoms with Crippen molar-refractivity contribution in [2.75, 3.05) is 18.0 Å². The first kappa shape index (κ1) is 13.9. The highest BCUT2D eigenvalue weighted by atomic mass is 15.2. The van der Waals surface area contributed by atoms with Crippen molar-refractivity contribution in [2.45, 2.75) is 32.2 Å². The monoisotopic (exact) mass is 283 g/mol. The first-order valence-corrected chi connectivity index (χ1v) is 7.55. The third-order valence-corrected chi connectivity index (χ3v) is 3.90. The lowest BCUT2D eigenvalue weighted by Gasteiger charge is -2.31. The standard InChI is InChI=1S/C16H21N5/c1-2-15-19-14(12-4-3-7-18-11-12)10-16(20-15)21-8-5-13(17)6-9-21/h3-4,7,10-11,13H,2,5-6,8-9,17H2,1H3. The molecule has 5 nitrogen and oxygen atoms in total. The molecule has 1 fully saturated rings. The van der Waals surface area contributed by atoms with E-state index in [1.165, 1.54) is 0 Å². The van der Waals surface area contributed by atoms with Crippen LogP contribution in [0.1, 0.15) is 25.6 Å². The maximum Gasteiger partial charge on any atom is 0.132 e. The van der Waals surface area contributed by atoms with E-state index in [1.54, 1.807) is 6.20 Å². The second-order valence-electron chi connectivity index (χ2n) is 5.45. The molecule has 0 aromatic carbocycles. The van der Waals surface area contributed by atoms with E-state index in [0.717, 1.165) is 55.3 Å². The Labute approximate surface area is 125 Å². The van der Waals surface area contributed by atoms with E-state index in [1.807, 2.05) is 18.3 Å². The molecule has 21 heavy (non-hydrogen) atoms. The van der Waals surface area contributed by atoms with Crippen LogP contribution in [0.4, 0.5) is 5.82 Å². The van der Waals surface area contributed by atoms with Gasteiger partial charge in [-0.15, -0.1) is 0 Å². The Morgan fingerprint density at radius 1 is 1.29 bits per heavy atom. The van der Waals surface area contributed by atoms with Crippen molar-refractivity contribution in [1.29, 1.82) is 0 Å². The number of piperidine rings is 1. The normalized spacial score (nSPS) is 16.2. The van der Waals surface area contributed by atoms with Crippen molar-refractivity contribution < 1.29 is 0 Å². The van der Waals surface area contributed by atoms with Crippen molar-refractivity contribution in [1.82, 2.24) is 15.0 Å². The van der Waals surface area contributed by atoms with Crippen molar-refractivity contribution in [3.8, 4) is 11.3 Å². The molecule has 0 aliphatic carbocycles. The summed E-state index contributed by atoms with van der Waals surface area (Å²) in [5.74, 6) is 1.88. The lowest BCUT2D eigenvalue weighted by molar-refractivity contribution is 0.498. The molecule has 0 saturated carbocycles. The van der Waals surface area contributed by atoms with Crippen LogP contribution in [-0.4, -0.2) is 34.1 Å². The fraction of sp³-hybridized carbons (Fsp3) is 0.438. The SMILES string of the molecule is CCc1nc(-c2cccnc2)cc(N2CCC(N)CC2)n1. The number of nitrogens with two attached hydrogens (primary N) is 1. The summed E-state index contributed by atoms with van der Waals surface area (Å²) >= 11 is 0. The van der Waals surface area contributed by atoms with Crippen LogP contribution < -0.4 is 10.6 Å². The van der Waals surface area contributed by atoms with Crippen LogP contribution in [-0.2, 0) is 6.42 Å². The molecule has 0 unspecified atom stereocenters. The zero-order valence-electron chi connectivity index (χ0n) is 12.4. The Bertz CT molecular complexity index is 591. The smallest absolute Gasteiger partial charge is 0.132 e. The average molecular weight is 283 g/mol. The van der Waals surface area contributed by atoms with Gasteiger partial charge in [-0.05, 0) is 25.0 Å². The minimum atomic E-state index is 0.325. The second-order valence-corrected chi connectivity index (χ2v) is 5.45. The summed E-state index contributed by atoms with van der Waals surface area (Å²) in [6.45, 7) is 4.01. The zero-order chi connectivity index (χ0) is 14.7. The summed E-state index contributed by atoms with van der Waals surface area (Å²) in [6, 6.07) is 6.35. The van der Waals surface area contributed by atoms with Crippen molar-refractivity contribution in [2.24, 2.45) is 5.73 Å². The summed E-state index contributed by atoms with van der Waals surface area (Å²) in [6.07, 6.45) is 6.49. The molecule has 3 rings (SSSR count). The van der Waals surface area contributed by atoms with Gasteiger partial charge in [0.1, 0.15) is 11.6 Å². The fourth-order valence-electron chi connectivity index (χ4n) is 2.59. The van der Waals surface area contributed by atoms with E-state index >= 15 is 0 Å². The summed E-state index contributed by atoms with van der Waals surface area (Å²) in [5.41, 5.74) is 7.96. The Morgan fingerprint density at radius 3 is 2.76 bits per heavy atom. The topological polar surface area (TPSA) is 67.9 Å². The first-order chi connectivity index (χ1) is 10.3. The summed E-state index contributed by atoms with van der Waals surface area (Å²) < 4.78 is 0. The van der Waals surface area contributed by atoms with Crippen LogP contribution in [0.5, 0.6) is 0 Å². The number of nitrogens with zero attached hydrogens (tertiary/aromatic N) is 4. The van der Waals surface area contributed by atoms with E-state index in [9.17, 15) is 0 Å². The molecule has 5 heteroatoms. The fourth-order valence-corrected chi connectivity index (χ4v) is 2.59. The van der Waals surface area contributed by atoms with Crippen LogP contribution in [0.2, 0.25) is 0 Å². The molecule has 0 radical (unpaired) electrons.